The average molecular weight is 282 g/mol. The van der Waals surface area contributed by atoms with E-state index in [0.717, 1.165) is 5.56 Å². The lowest BCUT2D eigenvalue weighted by molar-refractivity contribution is -0.119. The first-order valence-electron chi connectivity index (χ1n) is 6.10. The van der Waals surface area contributed by atoms with Crippen LogP contribution in [-0.2, 0) is 9.59 Å². The smallest absolute Gasteiger partial charge is 0.238 e. The van der Waals surface area contributed by atoms with Crippen molar-refractivity contribution in [2.24, 2.45) is 0 Å². The highest BCUT2D eigenvalue weighted by molar-refractivity contribution is 6.31. The number of hydrogen-bond donors (Lipinski definition) is 3. The van der Waals surface area contributed by atoms with Gasteiger partial charge in [-0.1, -0.05) is 17.7 Å². The summed E-state index contributed by atoms with van der Waals surface area (Å²) >= 11 is 5.88. The van der Waals surface area contributed by atoms with Gasteiger partial charge in [-0.2, -0.15) is 0 Å². The molecule has 1 saturated heterocycles. The van der Waals surface area contributed by atoms with E-state index >= 15 is 0 Å². The molecular formula is C13H16ClN3O2. The van der Waals surface area contributed by atoms with E-state index in [4.69, 9.17) is 11.6 Å². The third kappa shape index (κ3) is 3.94. The number of carbonyl (C=O) groups is 2. The van der Waals surface area contributed by atoms with Crippen molar-refractivity contribution in [1.82, 2.24) is 10.6 Å². The van der Waals surface area contributed by atoms with Crippen molar-refractivity contribution < 1.29 is 9.59 Å². The largest absolute Gasteiger partial charge is 0.354 e. The van der Waals surface area contributed by atoms with Crippen molar-refractivity contribution in [3.63, 3.8) is 0 Å². The zero-order valence-corrected chi connectivity index (χ0v) is 11.4. The van der Waals surface area contributed by atoms with Gasteiger partial charge in [-0.25, -0.2) is 0 Å². The Labute approximate surface area is 116 Å². The summed E-state index contributed by atoms with van der Waals surface area (Å²) < 4.78 is 0. The summed E-state index contributed by atoms with van der Waals surface area (Å²) in [5.41, 5.74) is 1.66. The van der Waals surface area contributed by atoms with Gasteiger partial charge >= 0.3 is 0 Å². The van der Waals surface area contributed by atoms with Gasteiger partial charge in [0.2, 0.25) is 11.8 Å². The van der Waals surface area contributed by atoms with Gasteiger partial charge in [0.15, 0.2) is 0 Å². The van der Waals surface area contributed by atoms with Crippen molar-refractivity contribution in [1.29, 1.82) is 0 Å². The molecule has 1 aliphatic rings. The summed E-state index contributed by atoms with van der Waals surface area (Å²) in [4.78, 5) is 22.8. The predicted molar refractivity (Wildman–Crippen MR) is 74.2 cm³/mol. The van der Waals surface area contributed by atoms with Crippen molar-refractivity contribution >= 4 is 29.1 Å². The number of benzene rings is 1. The van der Waals surface area contributed by atoms with Gasteiger partial charge in [-0.15, -0.1) is 0 Å². The Morgan fingerprint density at radius 3 is 3.00 bits per heavy atom. The predicted octanol–water partition coefficient (Wildman–Crippen LogP) is 1.07. The molecule has 1 atom stereocenters. The van der Waals surface area contributed by atoms with Crippen LogP contribution in [0, 0.1) is 6.92 Å². The third-order valence-corrected chi connectivity index (χ3v) is 3.24. The first-order valence-corrected chi connectivity index (χ1v) is 6.48. The lowest BCUT2D eigenvalue weighted by Gasteiger charge is -2.12. The fourth-order valence-corrected chi connectivity index (χ4v) is 2.08. The monoisotopic (exact) mass is 281 g/mol. The van der Waals surface area contributed by atoms with Gasteiger partial charge < -0.3 is 16.0 Å². The number of amides is 2. The molecule has 6 heteroatoms. The van der Waals surface area contributed by atoms with Crippen molar-refractivity contribution in [3.8, 4) is 0 Å². The first-order chi connectivity index (χ1) is 9.04. The molecular weight excluding hydrogens is 266 g/mol. The molecule has 19 heavy (non-hydrogen) atoms. The van der Waals surface area contributed by atoms with Gasteiger partial charge in [0.05, 0.1) is 6.54 Å². The van der Waals surface area contributed by atoms with E-state index < -0.39 is 0 Å². The summed E-state index contributed by atoms with van der Waals surface area (Å²) in [6.45, 7) is 2.65. The molecule has 2 rings (SSSR count). The van der Waals surface area contributed by atoms with E-state index in [9.17, 15) is 9.59 Å². The molecule has 0 bridgehead atoms. The molecule has 102 valence electrons. The summed E-state index contributed by atoms with van der Waals surface area (Å²) in [7, 11) is 0. The van der Waals surface area contributed by atoms with Crippen LogP contribution < -0.4 is 16.0 Å². The van der Waals surface area contributed by atoms with Gasteiger partial charge in [0.25, 0.3) is 0 Å². The summed E-state index contributed by atoms with van der Waals surface area (Å²) in [5, 5.41) is 9.12. The van der Waals surface area contributed by atoms with Crippen LogP contribution in [0.5, 0.6) is 0 Å². The average Bonchev–Trinajstić information content (AvgIpc) is 2.77. The van der Waals surface area contributed by atoms with E-state index in [2.05, 4.69) is 16.0 Å². The molecule has 1 heterocycles. The van der Waals surface area contributed by atoms with Crippen LogP contribution in [0.25, 0.3) is 0 Å². The lowest BCUT2D eigenvalue weighted by atomic mass is 10.2. The van der Waals surface area contributed by atoms with Crippen molar-refractivity contribution in [2.75, 3.05) is 18.4 Å². The Kier molecular flexibility index (Phi) is 4.39. The molecule has 1 aromatic rings. The molecule has 1 fully saturated rings. The van der Waals surface area contributed by atoms with Crippen LogP contribution in [0.3, 0.4) is 0 Å². The van der Waals surface area contributed by atoms with Crippen LogP contribution >= 0.6 is 11.6 Å². The fourth-order valence-electron chi connectivity index (χ4n) is 1.91. The van der Waals surface area contributed by atoms with Crippen LogP contribution in [-0.4, -0.2) is 30.9 Å². The minimum atomic E-state index is -0.148. The van der Waals surface area contributed by atoms with E-state index in [1.807, 2.05) is 13.0 Å². The molecule has 0 spiro atoms. The maximum Gasteiger partial charge on any atom is 0.238 e. The number of aryl methyl sites for hydroxylation is 1. The molecule has 0 saturated carbocycles. The molecule has 0 aliphatic carbocycles. The van der Waals surface area contributed by atoms with E-state index in [1.165, 1.54) is 0 Å². The van der Waals surface area contributed by atoms with Crippen LogP contribution in [0.15, 0.2) is 18.2 Å². The Bertz CT molecular complexity index is 505. The highest BCUT2D eigenvalue weighted by Gasteiger charge is 2.21. The molecule has 5 nitrogen and oxygen atoms in total. The number of hydrogen-bond acceptors (Lipinski definition) is 3. The molecule has 2 amide bonds. The highest BCUT2D eigenvalue weighted by Crippen LogP contribution is 2.19. The second-order valence-corrected chi connectivity index (χ2v) is 5.03. The number of anilines is 1. The Morgan fingerprint density at radius 2 is 2.32 bits per heavy atom. The molecule has 1 aliphatic heterocycles. The summed E-state index contributed by atoms with van der Waals surface area (Å²) in [5.74, 6) is -0.131. The zero-order valence-electron chi connectivity index (χ0n) is 10.6. The summed E-state index contributed by atoms with van der Waals surface area (Å²) in [6, 6.07) is 5.37. The Hall–Kier alpha value is -1.59. The highest BCUT2D eigenvalue weighted by atomic mass is 35.5. The molecule has 1 aromatic carbocycles. The maximum atomic E-state index is 11.8. The van der Waals surface area contributed by atoms with E-state index in [0.29, 0.717) is 23.7 Å². The number of nitrogens with one attached hydrogen (secondary N) is 3. The molecule has 3 N–H and O–H groups in total. The fraction of sp³-hybridized carbons (Fsp3) is 0.385. The molecule has 1 unspecified atom stereocenters. The van der Waals surface area contributed by atoms with Crippen LogP contribution in [0.2, 0.25) is 5.02 Å². The van der Waals surface area contributed by atoms with Gasteiger partial charge in [0, 0.05) is 29.7 Å². The molecule has 0 aromatic heterocycles. The number of carbonyl (C=O) groups excluding carboxylic acids is 2. The minimum Gasteiger partial charge on any atom is -0.354 e. The van der Waals surface area contributed by atoms with Gasteiger partial charge in [-0.05, 0) is 24.6 Å². The van der Waals surface area contributed by atoms with E-state index in [1.54, 1.807) is 12.1 Å². The van der Waals surface area contributed by atoms with Gasteiger partial charge in [-0.3, -0.25) is 9.59 Å². The topological polar surface area (TPSA) is 70.2 Å². The first kappa shape index (κ1) is 13.8. The second-order valence-electron chi connectivity index (χ2n) is 4.59. The standard InChI is InChI=1S/C13H16ClN3O2/c1-8-2-3-9(14)4-11(8)17-13(19)7-15-10-5-12(18)16-6-10/h2-4,10,15H,5-7H2,1H3,(H,16,18)(H,17,19). The van der Waals surface area contributed by atoms with Crippen LogP contribution in [0.4, 0.5) is 5.69 Å². The maximum absolute atomic E-state index is 11.8. The van der Waals surface area contributed by atoms with Crippen molar-refractivity contribution in [3.05, 3.63) is 28.8 Å². The minimum absolute atomic E-state index is 0.0172. The van der Waals surface area contributed by atoms with Crippen molar-refractivity contribution in [2.45, 2.75) is 19.4 Å². The zero-order chi connectivity index (χ0) is 13.8. The molecule has 0 radical (unpaired) electrons. The summed E-state index contributed by atoms with van der Waals surface area (Å²) in [6.07, 6.45) is 0.420. The third-order valence-electron chi connectivity index (χ3n) is 3.00. The second kappa shape index (κ2) is 6.04. The number of halogens is 1. The quantitative estimate of drug-likeness (QED) is 0.773. The van der Waals surface area contributed by atoms with E-state index in [-0.39, 0.29) is 24.4 Å². The van der Waals surface area contributed by atoms with Gasteiger partial charge in [0.1, 0.15) is 0 Å². The van der Waals surface area contributed by atoms with Crippen LogP contribution in [0.1, 0.15) is 12.0 Å². The Morgan fingerprint density at radius 1 is 1.53 bits per heavy atom. The number of rotatable bonds is 4. The lowest BCUT2D eigenvalue weighted by Crippen LogP contribution is -2.37. The normalized spacial score (nSPS) is 18.2. The SMILES string of the molecule is Cc1ccc(Cl)cc1NC(=O)CNC1CNC(=O)C1. The Balaban J connectivity index is 1.84.